The molecule has 2 amide bonds. The maximum absolute atomic E-state index is 12.0. The van der Waals surface area contributed by atoms with E-state index in [9.17, 15) is 18.0 Å². The second-order valence-electron chi connectivity index (χ2n) is 5.79. The molecule has 2 aromatic carbocycles. The smallest absolute Gasteiger partial charge is 0.251 e. The van der Waals surface area contributed by atoms with Gasteiger partial charge in [0, 0.05) is 35.5 Å². The number of benzene rings is 2. The third kappa shape index (κ3) is 6.50. The number of amides is 2. The van der Waals surface area contributed by atoms with E-state index in [1.54, 1.807) is 48.5 Å². The third-order valence-corrected chi connectivity index (χ3v) is 4.56. The zero-order valence-corrected chi connectivity index (χ0v) is 15.7. The van der Waals surface area contributed by atoms with Crippen LogP contribution in [0.1, 0.15) is 26.3 Å². The Labute approximate surface area is 157 Å². The first-order valence-corrected chi connectivity index (χ1v) is 10.3. The molecule has 2 rings (SSSR count). The molecule has 0 aliphatic heterocycles. The molecule has 0 radical (unpaired) electrons. The van der Waals surface area contributed by atoms with Crippen molar-refractivity contribution in [3.63, 3.8) is 0 Å². The summed E-state index contributed by atoms with van der Waals surface area (Å²) in [7, 11) is -3.11. The summed E-state index contributed by atoms with van der Waals surface area (Å²) in [5, 5.41) is 5.94. The lowest BCUT2D eigenvalue weighted by molar-refractivity contribution is 0.0927. The number of carbonyl (C=O) groups is 2. The minimum absolute atomic E-state index is 0.0639. The van der Waals surface area contributed by atoms with Crippen LogP contribution in [0.15, 0.2) is 48.5 Å². The van der Waals surface area contributed by atoms with E-state index in [1.807, 2.05) is 0 Å². The van der Waals surface area contributed by atoms with Crippen molar-refractivity contribution in [3.8, 4) is 0 Å². The first-order valence-electron chi connectivity index (χ1n) is 7.83. The normalized spacial score (nSPS) is 11.0. The molecule has 0 unspecified atom stereocenters. The molecule has 0 aliphatic carbocycles. The maximum Gasteiger partial charge on any atom is 0.251 e. The van der Waals surface area contributed by atoms with Crippen LogP contribution in [0.4, 0.5) is 0 Å². The zero-order valence-electron chi connectivity index (χ0n) is 14.2. The van der Waals surface area contributed by atoms with Gasteiger partial charge in [0.1, 0.15) is 0 Å². The van der Waals surface area contributed by atoms with Gasteiger partial charge in [0.05, 0.1) is 5.75 Å². The van der Waals surface area contributed by atoms with Crippen molar-refractivity contribution in [2.75, 3.05) is 19.3 Å². The highest BCUT2D eigenvalue weighted by atomic mass is 35.5. The van der Waals surface area contributed by atoms with Gasteiger partial charge in [-0.15, -0.1) is 0 Å². The standard InChI is InChI=1S/C18H19ClN2O4S/c1-26(24,25)12-13-2-4-14(5-3-13)17(22)20-10-11-21-18(23)15-6-8-16(19)9-7-15/h2-9H,10-12H2,1H3,(H,20,22)(H,21,23). The average molecular weight is 395 g/mol. The second kappa shape index (κ2) is 8.82. The number of sulfone groups is 1. The molecule has 2 N–H and O–H groups in total. The summed E-state index contributed by atoms with van der Waals surface area (Å²) in [5.41, 5.74) is 1.53. The van der Waals surface area contributed by atoms with Gasteiger partial charge in [-0.1, -0.05) is 23.7 Å². The molecule has 0 bridgehead atoms. The van der Waals surface area contributed by atoms with Crippen molar-refractivity contribution in [3.05, 3.63) is 70.2 Å². The van der Waals surface area contributed by atoms with Gasteiger partial charge in [-0.05, 0) is 42.0 Å². The van der Waals surface area contributed by atoms with Gasteiger partial charge in [0.2, 0.25) is 0 Å². The summed E-state index contributed by atoms with van der Waals surface area (Å²) >= 11 is 5.77. The molecule has 26 heavy (non-hydrogen) atoms. The van der Waals surface area contributed by atoms with Crippen molar-refractivity contribution < 1.29 is 18.0 Å². The van der Waals surface area contributed by atoms with Gasteiger partial charge < -0.3 is 10.6 Å². The molecule has 0 fully saturated rings. The van der Waals surface area contributed by atoms with E-state index >= 15 is 0 Å². The number of hydrogen-bond acceptors (Lipinski definition) is 4. The Morgan fingerprint density at radius 3 is 1.69 bits per heavy atom. The van der Waals surface area contributed by atoms with E-state index in [2.05, 4.69) is 10.6 Å². The number of carbonyl (C=O) groups excluding carboxylic acids is 2. The van der Waals surface area contributed by atoms with Crippen LogP contribution in [0.25, 0.3) is 0 Å². The largest absolute Gasteiger partial charge is 0.350 e. The quantitative estimate of drug-likeness (QED) is 0.703. The molecule has 0 aromatic heterocycles. The van der Waals surface area contributed by atoms with Gasteiger partial charge in [-0.25, -0.2) is 8.42 Å². The van der Waals surface area contributed by atoms with Gasteiger partial charge in [0.15, 0.2) is 9.84 Å². The van der Waals surface area contributed by atoms with Crippen molar-refractivity contribution in [1.29, 1.82) is 0 Å². The Balaban J connectivity index is 1.78. The summed E-state index contributed by atoms with van der Waals surface area (Å²) in [6.07, 6.45) is 1.16. The lowest BCUT2D eigenvalue weighted by Crippen LogP contribution is -2.34. The van der Waals surface area contributed by atoms with Crippen LogP contribution in [0.5, 0.6) is 0 Å². The predicted molar refractivity (Wildman–Crippen MR) is 101 cm³/mol. The monoisotopic (exact) mass is 394 g/mol. The van der Waals surface area contributed by atoms with Crippen LogP contribution >= 0.6 is 11.6 Å². The molecular formula is C18H19ClN2O4S. The highest BCUT2D eigenvalue weighted by molar-refractivity contribution is 7.89. The fourth-order valence-corrected chi connectivity index (χ4v) is 3.14. The zero-order chi connectivity index (χ0) is 19.2. The average Bonchev–Trinajstić information content (AvgIpc) is 2.58. The number of rotatable bonds is 7. The van der Waals surface area contributed by atoms with E-state index in [0.717, 1.165) is 6.26 Å². The van der Waals surface area contributed by atoms with E-state index in [1.165, 1.54) is 0 Å². The van der Waals surface area contributed by atoms with E-state index in [0.29, 0.717) is 21.7 Å². The first kappa shape index (κ1) is 19.9. The van der Waals surface area contributed by atoms with Crippen molar-refractivity contribution in [2.24, 2.45) is 0 Å². The third-order valence-electron chi connectivity index (χ3n) is 3.45. The first-order chi connectivity index (χ1) is 12.2. The molecule has 0 spiro atoms. The molecular weight excluding hydrogens is 376 g/mol. The molecule has 6 nitrogen and oxygen atoms in total. The van der Waals surface area contributed by atoms with Crippen LogP contribution in [0.2, 0.25) is 5.02 Å². The molecule has 8 heteroatoms. The lowest BCUT2D eigenvalue weighted by atomic mass is 10.1. The molecule has 0 saturated heterocycles. The predicted octanol–water partition coefficient (Wildman–Crippen LogP) is 2.04. The van der Waals surface area contributed by atoms with Crippen LogP contribution in [-0.4, -0.2) is 39.6 Å². The van der Waals surface area contributed by atoms with Crippen molar-refractivity contribution >= 4 is 33.3 Å². The highest BCUT2D eigenvalue weighted by Crippen LogP contribution is 2.09. The summed E-state index contributed by atoms with van der Waals surface area (Å²) in [4.78, 5) is 23.9. The number of halogens is 1. The highest BCUT2D eigenvalue weighted by Gasteiger charge is 2.08. The van der Waals surface area contributed by atoms with Crippen LogP contribution in [0, 0.1) is 0 Å². The fraction of sp³-hybridized carbons (Fsp3) is 0.222. The Kier molecular flexibility index (Phi) is 6.76. The maximum atomic E-state index is 12.0. The molecule has 138 valence electrons. The summed E-state index contributed by atoms with van der Waals surface area (Å²) < 4.78 is 22.5. The number of nitrogens with one attached hydrogen (secondary N) is 2. The Hall–Kier alpha value is -2.38. The van der Waals surface area contributed by atoms with E-state index in [-0.39, 0.29) is 30.7 Å². The molecule has 0 atom stereocenters. The summed E-state index contributed by atoms with van der Waals surface area (Å²) in [6.45, 7) is 0.544. The van der Waals surface area contributed by atoms with Gasteiger partial charge >= 0.3 is 0 Å². The Bertz CT molecular complexity index is 878. The summed E-state index contributed by atoms with van der Waals surface area (Å²) in [6, 6.07) is 12.9. The molecule has 2 aromatic rings. The van der Waals surface area contributed by atoms with E-state index in [4.69, 9.17) is 11.6 Å². The van der Waals surface area contributed by atoms with Crippen LogP contribution in [-0.2, 0) is 15.6 Å². The SMILES string of the molecule is CS(=O)(=O)Cc1ccc(C(=O)NCCNC(=O)c2ccc(Cl)cc2)cc1. The fourth-order valence-electron chi connectivity index (χ4n) is 2.21. The van der Waals surface area contributed by atoms with Crippen molar-refractivity contribution in [1.82, 2.24) is 10.6 Å². The van der Waals surface area contributed by atoms with E-state index < -0.39 is 9.84 Å². The minimum Gasteiger partial charge on any atom is -0.350 e. The lowest BCUT2D eigenvalue weighted by Gasteiger charge is -2.08. The second-order valence-corrected chi connectivity index (χ2v) is 8.36. The minimum atomic E-state index is -3.11. The van der Waals surface area contributed by atoms with Gasteiger partial charge in [-0.3, -0.25) is 9.59 Å². The Morgan fingerprint density at radius 2 is 1.27 bits per heavy atom. The topological polar surface area (TPSA) is 92.3 Å². The number of hydrogen-bond donors (Lipinski definition) is 2. The summed E-state index contributed by atoms with van der Waals surface area (Å²) in [5.74, 6) is -0.608. The van der Waals surface area contributed by atoms with Crippen LogP contribution < -0.4 is 10.6 Å². The molecule has 0 heterocycles. The van der Waals surface area contributed by atoms with Gasteiger partial charge in [0.25, 0.3) is 11.8 Å². The van der Waals surface area contributed by atoms with Crippen molar-refractivity contribution in [2.45, 2.75) is 5.75 Å². The Morgan fingerprint density at radius 1 is 0.846 bits per heavy atom. The van der Waals surface area contributed by atoms with Gasteiger partial charge in [-0.2, -0.15) is 0 Å². The molecule has 0 saturated carbocycles. The molecule has 0 aliphatic rings. The van der Waals surface area contributed by atoms with Crippen LogP contribution in [0.3, 0.4) is 0 Å².